The number of thioether (sulfide) groups is 1. The molecule has 2 aromatic heterocycles. The second-order valence-corrected chi connectivity index (χ2v) is 7.76. The number of hydrogen-bond donors (Lipinski definition) is 1. The van der Waals surface area contributed by atoms with Gasteiger partial charge in [0.2, 0.25) is 0 Å². The van der Waals surface area contributed by atoms with Gasteiger partial charge in [-0.15, -0.1) is 11.8 Å². The van der Waals surface area contributed by atoms with Gasteiger partial charge in [0.25, 0.3) is 0 Å². The number of carboxylic acid groups (broad SMARTS) is 1. The molecule has 0 aliphatic carbocycles. The number of aliphatic carboxylic acids is 1. The number of benzene rings is 1. The van der Waals surface area contributed by atoms with Crippen molar-refractivity contribution in [3.8, 4) is 11.1 Å². The topological polar surface area (TPSA) is 63.1 Å². The van der Waals surface area contributed by atoms with Crippen LogP contribution in [0.1, 0.15) is 32.4 Å². The van der Waals surface area contributed by atoms with Crippen LogP contribution in [0.2, 0.25) is 0 Å². The lowest BCUT2D eigenvalue weighted by Crippen LogP contribution is -2.33. The van der Waals surface area contributed by atoms with E-state index in [1.54, 1.807) is 12.4 Å². The number of nitrogens with zero attached hydrogens (tertiary/aromatic N) is 2. The van der Waals surface area contributed by atoms with Crippen LogP contribution in [0.15, 0.2) is 53.7 Å². The first kappa shape index (κ1) is 18.4. The van der Waals surface area contributed by atoms with E-state index in [1.807, 2.05) is 51.1 Å². The van der Waals surface area contributed by atoms with Gasteiger partial charge in [0.05, 0.1) is 5.52 Å². The molecule has 1 N–H and O–H groups in total. The number of rotatable bonds is 6. The van der Waals surface area contributed by atoms with Crippen molar-refractivity contribution in [1.29, 1.82) is 0 Å². The predicted octanol–water partition coefficient (Wildman–Crippen LogP) is 5.34. The highest BCUT2D eigenvalue weighted by Crippen LogP contribution is 2.42. The van der Waals surface area contributed by atoms with Gasteiger partial charge >= 0.3 is 5.97 Å². The highest BCUT2D eigenvalue weighted by Gasteiger charge is 2.36. The van der Waals surface area contributed by atoms with E-state index in [4.69, 9.17) is 0 Å². The number of carbonyl (C=O) groups is 1. The lowest BCUT2D eigenvalue weighted by molar-refractivity contribution is -0.140. The van der Waals surface area contributed by atoms with Gasteiger partial charge in [-0.05, 0) is 61.2 Å². The minimum atomic E-state index is -0.822. The molecule has 0 bridgehead atoms. The Morgan fingerprint density at radius 1 is 1.04 bits per heavy atom. The Kier molecular flexibility index (Phi) is 5.28. The maximum absolute atomic E-state index is 11.9. The fourth-order valence-corrected chi connectivity index (χ4v) is 4.26. The van der Waals surface area contributed by atoms with Gasteiger partial charge < -0.3 is 5.11 Å². The van der Waals surface area contributed by atoms with E-state index < -0.39 is 10.7 Å². The van der Waals surface area contributed by atoms with Crippen LogP contribution in [0, 0.1) is 6.92 Å². The molecule has 0 aliphatic heterocycles. The van der Waals surface area contributed by atoms with Crippen LogP contribution in [-0.4, -0.2) is 25.8 Å². The molecule has 0 fully saturated rings. The standard InChI is InChI=1S/C21H22N2O2S/c1-4-21(5-2,20(24)25)26-19-9-11-23-18-7-6-15(13-17(18)19)16-8-10-22-14(3)12-16/h6-13H,4-5H2,1-3H3,(H,24,25). The van der Waals surface area contributed by atoms with Gasteiger partial charge in [0.15, 0.2) is 0 Å². The second kappa shape index (κ2) is 7.46. The SMILES string of the molecule is CCC(CC)(Sc1ccnc2ccc(-c3ccnc(C)c3)cc12)C(=O)O. The minimum absolute atomic E-state index is 0.566. The molecule has 0 amide bonds. The molecule has 2 heterocycles. The normalized spacial score (nSPS) is 11.7. The molecular weight excluding hydrogens is 344 g/mol. The average Bonchev–Trinajstić information content (AvgIpc) is 2.65. The summed E-state index contributed by atoms with van der Waals surface area (Å²) in [6, 6.07) is 12.1. The van der Waals surface area contributed by atoms with Crippen LogP contribution in [-0.2, 0) is 4.79 Å². The summed E-state index contributed by atoms with van der Waals surface area (Å²) in [6.07, 6.45) is 4.68. The van der Waals surface area contributed by atoms with E-state index in [1.165, 1.54) is 11.8 Å². The molecule has 0 aliphatic rings. The molecule has 0 saturated heterocycles. The molecule has 1 aromatic carbocycles. The Hall–Kier alpha value is -2.40. The van der Waals surface area contributed by atoms with Gasteiger partial charge in [0.1, 0.15) is 4.75 Å². The third kappa shape index (κ3) is 3.44. The molecule has 5 heteroatoms. The van der Waals surface area contributed by atoms with Crippen molar-refractivity contribution in [2.75, 3.05) is 0 Å². The van der Waals surface area contributed by atoms with E-state index in [2.05, 4.69) is 16.0 Å². The summed E-state index contributed by atoms with van der Waals surface area (Å²) in [5.74, 6) is -0.765. The summed E-state index contributed by atoms with van der Waals surface area (Å²) in [4.78, 5) is 21.6. The number of aromatic nitrogens is 2. The Morgan fingerprint density at radius 2 is 1.73 bits per heavy atom. The largest absolute Gasteiger partial charge is 0.480 e. The first-order valence-electron chi connectivity index (χ1n) is 8.73. The average molecular weight is 366 g/mol. The molecule has 0 saturated carbocycles. The van der Waals surface area contributed by atoms with Crippen molar-refractivity contribution in [2.45, 2.75) is 43.3 Å². The number of aryl methyl sites for hydroxylation is 1. The predicted molar refractivity (Wildman–Crippen MR) is 107 cm³/mol. The van der Waals surface area contributed by atoms with Crippen LogP contribution in [0.5, 0.6) is 0 Å². The summed E-state index contributed by atoms with van der Waals surface area (Å²) in [6.45, 7) is 5.83. The Balaban J connectivity index is 2.12. The third-order valence-electron chi connectivity index (χ3n) is 4.77. The Morgan fingerprint density at radius 3 is 2.38 bits per heavy atom. The zero-order chi connectivity index (χ0) is 18.7. The highest BCUT2D eigenvalue weighted by molar-refractivity contribution is 8.01. The van der Waals surface area contributed by atoms with Crippen molar-refractivity contribution < 1.29 is 9.90 Å². The van der Waals surface area contributed by atoms with Crippen LogP contribution in [0.3, 0.4) is 0 Å². The first-order chi connectivity index (χ1) is 12.5. The zero-order valence-electron chi connectivity index (χ0n) is 15.2. The van der Waals surface area contributed by atoms with E-state index >= 15 is 0 Å². The van der Waals surface area contributed by atoms with Crippen molar-refractivity contribution >= 4 is 28.6 Å². The fourth-order valence-electron chi connectivity index (χ4n) is 3.07. The molecule has 134 valence electrons. The first-order valence-corrected chi connectivity index (χ1v) is 9.55. The maximum atomic E-state index is 11.9. The van der Waals surface area contributed by atoms with Crippen LogP contribution >= 0.6 is 11.8 Å². The summed E-state index contributed by atoms with van der Waals surface area (Å²) < 4.78 is -0.822. The number of pyridine rings is 2. The van der Waals surface area contributed by atoms with Gasteiger partial charge in [-0.25, -0.2) is 0 Å². The van der Waals surface area contributed by atoms with E-state index in [0.29, 0.717) is 12.8 Å². The molecule has 0 unspecified atom stereocenters. The third-order valence-corrected chi connectivity index (χ3v) is 6.49. The summed E-state index contributed by atoms with van der Waals surface area (Å²) in [7, 11) is 0. The number of carboxylic acids is 1. The molecule has 3 aromatic rings. The van der Waals surface area contributed by atoms with Gasteiger partial charge in [-0.1, -0.05) is 19.9 Å². The van der Waals surface area contributed by atoms with Crippen molar-refractivity contribution in [3.05, 3.63) is 54.5 Å². The molecule has 0 radical (unpaired) electrons. The summed E-state index contributed by atoms with van der Waals surface area (Å²) in [5.41, 5.74) is 4.00. The maximum Gasteiger partial charge on any atom is 0.320 e. The number of hydrogen-bond acceptors (Lipinski definition) is 4. The lowest BCUT2D eigenvalue weighted by atomic mass is 10.0. The van der Waals surface area contributed by atoms with Crippen molar-refractivity contribution in [1.82, 2.24) is 9.97 Å². The molecular formula is C21H22N2O2S. The molecule has 0 atom stereocenters. The summed E-state index contributed by atoms with van der Waals surface area (Å²) in [5, 5.41) is 10.8. The minimum Gasteiger partial charge on any atom is -0.480 e. The monoisotopic (exact) mass is 366 g/mol. The van der Waals surface area contributed by atoms with Gasteiger partial charge in [0, 0.05) is 28.4 Å². The highest BCUT2D eigenvalue weighted by atomic mass is 32.2. The Labute approximate surface area is 157 Å². The summed E-state index contributed by atoms with van der Waals surface area (Å²) >= 11 is 1.43. The van der Waals surface area contributed by atoms with E-state index in [0.717, 1.165) is 32.6 Å². The van der Waals surface area contributed by atoms with E-state index in [9.17, 15) is 9.90 Å². The quantitative estimate of drug-likeness (QED) is 0.597. The Bertz CT molecular complexity index is 952. The van der Waals surface area contributed by atoms with E-state index in [-0.39, 0.29) is 0 Å². The lowest BCUT2D eigenvalue weighted by Gasteiger charge is -2.26. The molecule has 3 rings (SSSR count). The molecule has 4 nitrogen and oxygen atoms in total. The van der Waals surface area contributed by atoms with Crippen LogP contribution < -0.4 is 0 Å². The smallest absolute Gasteiger partial charge is 0.320 e. The molecule has 0 spiro atoms. The van der Waals surface area contributed by atoms with Crippen molar-refractivity contribution in [3.63, 3.8) is 0 Å². The van der Waals surface area contributed by atoms with Crippen LogP contribution in [0.25, 0.3) is 22.0 Å². The molecule has 26 heavy (non-hydrogen) atoms. The fraction of sp³-hybridized carbons (Fsp3) is 0.286. The number of fused-ring (bicyclic) bond motifs is 1. The van der Waals surface area contributed by atoms with Gasteiger partial charge in [-0.3, -0.25) is 14.8 Å². The second-order valence-electron chi connectivity index (χ2n) is 6.34. The zero-order valence-corrected chi connectivity index (χ0v) is 16.0. The van der Waals surface area contributed by atoms with Crippen LogP contribution in [0.4, 0.5) is 0 Å². The van der Waals surface area contributed by atoms with Crippen molar-refractivity contribution in [2.24, 2.45) is 0 Å². The van der Waals surface area contributed by atoms with Gasteiger partial charge in [-0.2, -0.15) is 0 Å².